The first-order valence-electron chi connectivity index (χ1n) is 14.2. The van der Waals surface area contributed by atoms with Crippen molar-refractivity contribution >= 4 is 50.2 Å². The Hall–Kier alpha value is -3.84. The van der Waals surface area contributed by atoms with Crippen LogP contribution in [0.25, 0.3) is 0 Å². The number of hydroxylamine groups is 2. The zero-order chi connectivity index (χ0) is 32.7. The summed E-state index contributed by atoms with van der Waals surface area (Å²) < 4.78 is 41.8. The minimum Gasteiger partial charge on any atom is -0.486 e. The number of ether oxygens (including phenoxy) is 1. The number of nitrogens with two attached hydrogens (primary N) is 3. The van der Waals surface area contributed by atoms with E-state index in [1.165, 1.54) is 19.2 Å². The van der Waals surface area contributed by atoms with Gasteiger partial charge in [0, 0.05) is 10.9 Å². The number of fused-ring (bicyclic) bond motifs is 1. The second-order valence-electron chi connectivity index (χ2n) is 11.8. The molecule has 0 bridgehead atoms. The highest BCUT2D eigenvalue weighted by Gasteiger charge is 2.58. The lowest BCUT2D eigenvalue weighted by atomic mass is 9.84. The molecule has 244 valence electrons. The number of aryl methyl sites for hydroxylation is 1. The minimum atomic E-state index is -4.96. The third-order valence-corrected chi connectivity index (χ3v) is 9.07. The van der Waals surface area contributed by atoms with Crippen LogP contribution in [0.2, 0.25) is 0 Å². The Bertz CT molecular complexity index is 1650. The second kappa shape index (κ2) is 12.2. The number of nitrogen functional groups attached to an aromatic ring is 1. The van der Waals surface area contributed by atoms with Crippen LogP contribution in [-0.2, 0) is 35.5 Å². The van der Waals surface area contributed by atoms with E-state index in [4.69, 9.17) is 36.3 Å². The number of aliphatic imine (C=N–C) groups is 1. The molecule has 1 aromatic heterocycles. The van der Waals surface area contributed by atoms with Crippen molar-refractivity contribution in [3.05, 3.63) is 40.4 Å². The van der Waals surface area contributed by atoms with Gasteiger partial charge >= 0.3 is 10.4 Å². The Kier molecular flexibility index (Phi) is 8.80. The lowest BCUT2D eigenvalue weighted by Crippen LogP contribution is -2.76. The van der Waals surface area contributed by atoms with E-state index in [1.807, 2.05) is 18.2 Å². The number of anilines is 1. The number of amides is 2. The number of benzene rings is 1. The van der Waals surface area contributed by atoms with E-state index in [2.05, 4.69) is 19.7 Å². The van der Waals surface area contributed by atoms with Gasteiger partial charge in [-0.05, 0) is 83.2 Å². The van der Waals surface area contributed by atoms with Crippen LogP contribution in [0.4, 0.5) is 5.13 Å². The van der Waals surface area contributed by atoms with E-state index >= 15 is 0 Å². The van der Waals surface area contributed by atoms with Crippen molar-refractivity contribution in [3.63, 3.8) is 0 Å². The van der Waals surface area contributed by atoms with Gasteiger partial charge in [-0.15, -0.1) is 15.6 Å². The molecule has 1 aromatic carbocycles. The highest BCUT2D eigenvalue weighted by Crippen LogP contribution is 2.43. The van der Waals surface area contributed by atoms with Crippen LogP contribution < -0.4 is 27.3 Å². The molecular formula is C27H36N8O8S2. The molecule has 2 aliphatic heterocycles. The zero-order valence-electron chi connectivity index (χ0n) is 24.9. The average molecular weight is 665 g/mol. The van der Waals surface area contributed by atoms with Gasteiger partial charge in [0.1, 0.15) is 29.4 Å². The van der Waals surface area contributed by atoms with Gasteiger partial charge in [-0.3, -0.25) is 19.1 Å². The first kappa shape index (κ1) is 32.6. The maximum atomic E-state index is 13.3. The number of aromatic nitrogens is 1. The summed E-state index contributed by atoms with van der Waals surface area (Å²) in [5.41, 5.74) is 18.0. The molecule has 3 aliphatic rings. The van der Waals surface area contributed by atoms with E-state index in [-0.39, 0.29) is 22.1 Å². The molecule has 2 amide bonds. The summed E-state index contributed by atoms with van der Waals surface area (Å²) in [7, 11) is -4.96. The average Bonchev–Trinajstić information content (AvgIpc) is 3.60. The van der Waals surface area contributed by atoms with E-state index in [1.54, 1.807) is 6.92 Å². The number of carbonyl (C=O) groups is 2. The van der Waals surface area contributed by atoms with E-state index in [0.717, 1.165) is 41.7 Å². The number of thiazole rings is 1. The topological polar surface area (TPSA) is 247 Å². The fraction of sp³-hybridized carbons (Fsp3) is 0.519. The van der Waals surface area contributed by atoms with Crippen LogP contribution in [0.5, 0.6) is 5.75 Å². The van der Waals surface area contributed by atoms with Crippen LogP contribution in [0, 0.1) is 0 Å². The highest BCUT2D eigenvalue weighted by atomic mass is 32.3. The minimum absolute atomic E-state index is 0.110. The van der Waals surface area contributed by atoms with E-state index in [9.17, 15) is 18.0 Å². The SMILES string of the molecule is CC(O/N=C(\C(=O)NC1C(=O)N(OS(=O)(=O)O)C1(C)C)c1csc(N)n1)C1CCc2cc(C(N)=NC3(CCN)CC3)ccc2O1. The number of rotatable bonds is 12. The van der Waals surface area contributed by atoms with Gasteiger partial charge in [0.15, 0.2) is 16.9 Å². The largest absolute Gasteiger partial charge is 0.486 e. The smallest absolute Gasteiger partial charge is 0.418 e. The van der Waals surface area contributed by atoms with Crippen LogP contribution >= 0.6 is 11.3 Å². The van der Waals surface area contributed by atoms with Gasteiger partial charge in [-0.25, -0.2) is 4.98 Å². The molecule has 2 aromatic rings. The Morgan fingerprint density at radius 3 is 2.69 bits per heavy atom. The van der Waals surface area contributed by atoms with Gasteiger partial charge in [-0.1, -0.05) is 5.16 Å². The molecule has 1 aliphatic carbocycles. The summed E-state index contributed by atoms with van der Waals surface area (Å²) in [4.78, 5) is 40.5. The van der Waals surface area contributed by atoms with Crippen molar-refractivity contribution in [2.24, 2.45) is 21.6 Å². The molecule has 1 saturated carbocycles. The summed E-state index contributed by atoms with van der Waals surface area (Å²) in [6.45, 7) is 5.19. The summed E-state index contributed by atoms with van der Waals surface area (Å²) in [5, 5.41) is 8.71. The number of β-lactam (4-membered cyclic amide) rings is 1. The van der Waals surface area contributed by atoms with Gasteiger partial charge in [0.25, 0.3) is 11.8 Å². The van der Waals surface area contributed by atoms with Gasteiger partial charge in [0.05, 0.1) is 11.1 Å². The summed E-state index contributed by atoms with van der Waals surface area (Å²) in [5.74, 6) is -0.564. The van der Waals surface area contributed by atoms with E-state index in [0.29, 0.717) is 36.0 Å². The van der Waals surface area contributed by atoms with Crippen LogP contribution in [0.15, 0.2) is 33.7 Å². The van der Waals surface area contributed by atoms with Crippen molar-refractivity contribution < 1.29 is 36.4 Å². The number of carbonyl (C=O) groups excluding carboxylic acids is 2. The molecule has 8 N–H and O–H groups in total. The summed E-state index contributed by atoms with van der Waals surface area (Å²) >= 11 is 1.08. The van der Waals surface area contributed by atoms with Gasteiger partial charge in [0.2, 0.25) is 0 Å². The molecule has 3 heterocycles. The number of oxime groups is 1. The van der Waals surface area contributed by atoms with Crippen LogP contribution in [-0.4, -0.2) is 82.3 Å². The molecule has 3 unspecified atom stereocenters. The third kappa shape index (κ3) is 7.04. The molecule has 5 rings (SSSR count). The third-order valence-electron chi connectivity index (χ3n) is 8.06. The number of nitrogens with zero attached hydrogens (tertiary/aromatic N) is 4. The van der Waals surface area contributed by atoms with E-state index < -0.39 is 46.0 Å². The standard InChI is InChI=1S/C27H36N8O8S2/c1-14(18-6-4-15-12-16(5-7-19(15)41-18)22(29)33-27(8-9-27)10-11-28)42-34-20(17-13-44-25(30)31-17)23(36)32-21-24(37)35(26(21,2)3)43-45(38,39)40/h5,7,12-14,18,21H,4,6,8-11,28H2,1-3H3,(H2,29,33)(H2,30,31)(H,32,36)(H,38,39,40)/b34-20-. The van der Waals surface area contributed by atoms with Crippen molar-refractivity contribution in [1.29, 1.82) is 0 Å². The fourth-order valence-electron chi connectivity index (χ4n) is 5.27. The highest BCUT2D eigenvalue weighted by molar-refractivity contribution is 7.80. The molecule has 1 saturated heterocycles. The van der Waals surface area contributed by atoms with Crippen LogP contribution in [0.3, 0.4) is 0 Å². The Morgan fingerprint density at radius 1 is 1.36 bits per heavy atom. The molecule has 16 nitrogen and oxygen atoms in total. The number of amidine groups is 1. The molecular weight excluding hydrogens is 628 g/mol. The lowest BCUT2D eigenvalue weighted by Gasteiger charge is -2.50. The van der Waals surface area contributed by atoms with Crippen LogP contribution in [0.1, 0.15) is 63.3 Å². The summed E-state index contributed by atoms with van der Waals surface area (Å²) in [6, 6.07) is 4.49. The molecule has 18 heteroatoms. The molecule has 0 spiro atoms. The predicted octanol–water partition coefficient (Wildman–Crippen LogP) is 0.655. The Balaban J connectivity index is 1.26. The normalized spacial score (nSPS) is 23.0. The maximum Gasteiger partial charge on any atom is 0.418 e. The maximum absolute atomic E-state index is 13.3. The second-order valence-corrected chi connectivity index (χ2v) is 13.7. The van der Waals surface area contributed by atoms with Gasteiger partial charge in [-0.2, -0.15) is 13.5 Å². The number of hydrogen-bond donors (Lipinski definition) is 5. The Labute approximate surface area is 263 Å². The molecule has 3 atom stereocenters. The molecule has 45 heavy (non-hydrogen) atoms. The number of nitrogens with one attached hydrogen (secondary N) is 1. The quantitative estimate of drug-likeness (QED) is 0.0690. The van der Waals surface area contributed by atoms with Gasteiger partial charge < -0.3 is 32.1 Å². The zero-order valence-corrected chi connectivity index (χ0v) is 26.6. The monoisotopic (exact) mass is 664 g/mol. The fourth-order valence-corrected chi connectivity index (χ4v) is 6.28. The Morgan fingerprint density at radius 2 is 2.09 bits per heavy atom. The predicted molar refractivity (Wildman–Crippen MR) is 165 cm³/mol. The van der Waals surface area contributed by atoms with Crippen molar-refractivity contribution in [2.75, 3.05) is 12.3 Å². The van der Waals surface area contributed by atoms with Crippen molar-refractivity contribution in [3.8, 4) is 5.75 Å². The molecule has 2 fully saturated rings. The van der Waals surface area contributed by atoms with Crippen molar-refractivity contribution in [2.45, 2.75) is 82.2 Å². The van der Waals surface area contributed by atoms with Crippen molar-refractivity contribution in [1.82, 2.24) is 15.4 Å². The first-order chi connectivity index (χ1) is 21.1. The first-order valence-corrected chi connectivity index (χ1v) is 16.5. The molecule has 0 radical (unpaired) electrons. The summed E-state index contributed by atoms with van der Waals surface area (Å²) in [6.07, 6.45) is 3.06. The number of hydrogen-bond acceptors (Lipinski definition) is 13. The lowest BCUT2D eigenvalue weighted by molar-refractivity contribution is -0.218.